The van der Waals surface area contributed by atoms with Crippen molar-refractivity contribution in [2.45, 2.75) is 57.5 Å². The fraction of sp³-hybridized carbons (Fsp3) is 0.692. The van der Waals surface area contributed by atoms with Crippen LogP contribution in [0, 0.1) is 0 Å². The van der Waals surface area contributed by atoms with Gasteiger partial charge < -0.3 is 5.73 Å². The Morgan fingerprint density at radius 3 is 2.78 bits per heavy atom. The summed E-state index contributed by atoms with van der Waals surface area (Å²) >= 11 is 3.42. The Labute approximate surface area is 116 Å². The zero-order valence-electron chi connectivity index (χ0n) is 10.8. The molecular formula is C13H20BrN3O. The van der Waals surface area contributed by atoms with Crippen molar-refractivity contribution in [3.63, 3.8) is 0 Å². The summed E-state index contributed by atoms with van der Waals surface area (Å²) < 4.78 is 2.53. The lowest BCUT2D eigenvalue weighted by atomic mass is 9.78. The molecule has 1 saturated carbocycles. The molecule has 1 aliphatic rings. The van der Waals surface area contributed by atoms with Gasteiger partial charge in [-0.05, 0) is 35.2 Å². The van der Waals surface area contributed by atoms with Crippen LogP contribution in [0.25, 0.3) is 0 Å². The SMILES string of the molecule is CCCn1ncc(Br)c1C(=O)C1(N)CCCCC1. The van der Waals surface area contributed by atoms with Gasteiger partial charge in [-0.15, -0.1) is 0 Å². The van der Waals surface area contributed by atoms with Crippen LogP contribution in [0.1, 0.15) is 55.9 Å². The van der Waals surface area contributed by atoms with Crippen molar-refractivity contribution in [3.05, 3.63) is 16.4 Å². The quantitative estimate of drug-likeness (QED) is 0.869. The van der Waals surface area contributed by atoms with E-state index in [-0.39, 0.29) is 5.78 Å². The maximum absolute atomic E-state index is 12.7. The molecule has 18 heavy (non-hydrogen) atoms. The predicted molar refractivity (Wildman–Crippen MR) is 74.6 cm³/mol. The molecule has 1 aliphatic carbocycles. The van der Waals surface area contributed by atoms with E-state index in [2.05, 4.69) is 28.0 Å². The molecule has 0 radical (unpaired) electrons. The van der Waals surface area contributed by atoms with Gasteiger partial charge in [-0.1, -0.05) is 26.2 Å². The molecule has 0 aliphatic heterocycles. The van der Waals surface area contributed by atoms with Gasteiger partial charge >= 0.3 is 0 Å². The molecule has 0 saturated heterocycles. The molecule has 100 valence electrons. The average molecular weight is 314 g/mol. The van der Waals surface area contributed by atoms with E-state index in [9.17, 15) is 4.79 Å². The van der Waals surface area contributed by atoms with Gasteiger partial charge in [0.1, 0.15) is 5.69 Å². The van der Waals surface area contributed by atoms with Crippen LogP contribution in [0.4, 0.5) is 0 Å². The fourth-order valence-corrected chi connectivity index (χ4v) is 3.09. The number of hydrogen-bond acceptors (Lipinski definition) is 3. The van der Waals surface area contributed by atoms with E-state index in [4.69, 9.17) is 5.73 Å². The Morgan fingerprint density at radius 1 is 1.50 bits per heavy atom. The third kappa shape index (κ3) is 2.52. The zero-order valence-corrected chi connectivity index (χ0v) is 12.4. The lowest BCUT2D eigenvalue weighted by Crippen LogP contribution is -2.50. The molecule has 0 bridgehead atoms. The Kier molecular flexibility index (Phi) is 4.22. The molecule has 1 aromatic heterocycles. The van der Waals surface area contributed by atoms with E-state index >= 15 is 0 Å². The molecular weight excluding hydrogens is 294 g/mol. The van der Waals surface area contributed by atoms with Crippen LogP contribution in [-0.4, -0.2) is 21.1 Å². The topological polar surface area (TPSA) is 60.9 Å². The molecule has 4 nitrogen and oxygen atoms in total. The second kappa shape index (κ2) is 5.53. The third-order valence-corrected chi connectivity index (χ3v) is 4.22. The van der Waals surface area contributed by atoms with E-state index < -0.39 is 5.54 Å². The first-order valence-corrected chi connectivity index (χ1v) is 7.43. The van der Waals surface area contributed by atoms with E-state index in [1.54, 1.807) is 10.9 Å². The van der Waals surface area contributed by atoms with Crippen molar-refractivity contribution >= 4 is 21.7 Å². The Bertz CT molecular complexity index is 435. The lowest BCUT2D eigenvalue weighted by Gasteiger charge is -2.31. The largest absolute Gasteiger partial charge is 0.319 e. The summed E-state index contributed by atoms with van der Waals surface area (Å²) in [6.07, 6.45) is 7.48. The van der Waals surface area contributed by atoms with Gasteiger partial charge in [-0.3, -0.25) is 9.48 Å². The number of nitrogens with two attached hydrogens (primary N) is 1. The normalized spacial score (nSPS) is 18.8. The monoisotopic (exact) mass is 313 g/mol. The standard InChI is InChI=1S/C13H20BrN3O/c1-2-8-17-11(10(14)9-16-17)12(18)13(15)6-4-3-5-7-13/h9H,2-8,15H2,1H3. The summed E-state index contributed by atoms with van der Waals surface area (Å²) in [5, 5.41) is 4.25. The third-order valence-electron chi connectivity index (χ3n) is 3.64. The highest BCUT2D eigenvalue weighted by Crippen LogP contribution is 2.31. The van der Waals surface area contributed by atoms with Gasteiger partial charge in [0, 0.05) is 6.54 Å². The van der Waals surface area contributed by atoms with Crippen LogP contribution in [0.2, 0.25) is 0 Å². The number of aromatic nitrogens is 2. The summed E-state index contributed by atoms with van der Waals surface area (Å²) in [5.41, 5.74) is 6.27. The van der Waals surface area contributed by atoms with Crippen LogP contribution in [0.15, 0.2) is 10.7 Å². The number of hydrogen-bond donors (Lipinski definition) is 1. The average Bonchev–Trinajstić information content (AvgIpc) is 2.71. The number of Topliss-reactive ketones (excluding diaryl/α,β-unsaturated/α-hetero) is 1. The minimum atomic E-state index is -0.688. The van der Waals surface area contributed by atoms with Crippen LogP contribution < -0.4 is 5.73 Å². The molecule has 1 heterocycles. The number of carbonyl (C=O) groups is 1. The molecule has 0 amide bonds. The summed E-state index contributed by atoms with van der Waals surface area (Å²) in [7, 11) is 0. The molecule has 1 fully saturated rings. The van der Waals surface area contributed by atoms with Gasteiger partial charge in [0.2, 0.25) is 5.78 Å². The molecule has 0 atom stereocenters. The fourth-order valence-electron chi connectivity index (χ4n) is 2.62. The predicted octanol–water partition coefficient (Wildman–Crippen LogP) is 2.90. The maximum Gasteiger partial charge on any atom is 0.201 e. The van der Waals surface area contributed by atoms with Crippen LogP contribution >= 0.6 is 15.9 Å². The second-order valence-corrected chi connectivity index (χ2v) is 5.96. The maximum atomic E-state index is 12.7. The number of carbonyl (C=O) groups excluding carboxylic acids is 1. The van der Waals surface area contributed by atoms with E-state index in [1.807, 2.05) is 0 Å². The molecule has 5 heteroatoms. The first-order chi connectivity index (χ1) is 8.58. The summed E-state index contributed by atoms with van der Waals surface area (Å²) in [4.78, 5) is 12.7. The minimum Gasteiger partial charge on any atom is -0.319 e. The van der Waals surface area contributed by atoms with E-state index in [0.29, 0.717) is 5.69 Å². The molecule has 0 aromatic carbocycles. The Balaban J connectivity index is 2.29. The van der Waals surface area contributed by atoms with Crippen molar-refractivity contribution in [1.82, 2.24) is 9.78 Å². The van der Waals surface area contributed by atoms with Crippen molar-refractivity contribution in [2.24, 2.45) is 5.73 Å². The number of ketones is 1. The van der Waals surface area contributed by atoms with Crippen molar-refractivity contribution in [2.75, 3.05) is 0 Å². The molecule has 2 N–H and O–H groups in total. The van der Waals surface area contributed by atoms with Gasteiger partial charge in [0.15, 0.2) is 0 Å². The van der Waals surface area contributed by atoms with Crippen molar-refractivity contribution in [3.8, 4) is 0 Å². The smallest absolute Gasteiger partial charge is 0.201 e. The highest BCUT2D eigenvalue weighted by molar-refractivity contribution is 9.10. The first-order valence-electron chi connectivity index (χ1n) is 6.63. The first kappa shape index (κ1) is 13.7. The van der Waals surface area contributed by atoms with Crippen LogP contribution in [-0.2, 0) is 6.54 Å². The number of nitrogens with zero attached hydrogens (tertiary/aromatic N) is 2. The number of halogens is 1. The highest BCUT2D eigenvalue weighted by atomic mass is 79.9. The van der Waals surface area contributed by atoms with Gasteiger partial charge in [-0.2, -0.15) is 5.10 Å². The summed E-state index contributed by atoms with van der Waals surface area (Å²) in [5.74, 6) is 0.0417. The molecule has 1 aromatic rings. The Morgan fingerprint density at radius 2 is 2.17 bits per heavy atom. The van der Waals surface area contributed by atoms with Gasteiger partial charge in [0.05, 0.1) is 16.2 Å². The number of aryl methyl sites for hydroxylation is 1. The van der Waals surface area contributed by atoms with E-state index in [0.717, 1.165) is 43.1 Å². The molecule has 2 rings (SSSR count). The minimum absolute atomic E-state index is 0.0417. The molecule has 0 unspecified atom stereocenters. The van der Waals surface area contributed by atoms with Gasteiger partial charge in [0.25, 0.3) is 0 Å². The Hall–Kier alpha value is -0.680. The van der Waals surface area contributed by atoms with Crippen molar-refractivity contribution < 1.29 is 4.79 Å². The van der Waals surface area contributed by atoms with Crippen LogP contribution in [0.3, 0.4) is 0 Å². The number of rotatable bonds is 4. The summed E-state index contributed by atoms with van der Waals surface area (Å²) in [6, 6.07) is 0. The van der Waals surface area contributed by atoms with Crippen LogP contribution in [0.5, 0.6) is 0 Å². The van der Waals surface area contributed by atoms with Gasteiger partial charge in [-0.25, -0.2) is 0 Å². The second-order valence-electron chi connectivity index (χ2n) is 5.11. The molecule has 0 spiro atoms. The highest BCUT2D eigenvalue weighted by Gasteiger charge is 2.38. The van der Waals surface area contributed by atoms with Crippen molar-refractivity contribution in [1.29, 1.82) is 0 Å². The zero-order chi connectivity index (χ0) is 13.2. The van der Waals surface area contributed by atoms with E-state index in [1.165, 1.54) is 6.42 Å². The lowest BCUT2D eigenvalue weighted by molar-refractivity contribution is 0.0835. The summed E-state index contributed by atoms with van der Waals surface area (Å²) in [6.45, 7) is 2.82.